The van der Waals surface area contributed by atoms with E-state index < -0.39 is 10.0 Å². The van der Waals surface area contributed by atoms with Crippen LogP contribution in [0.4, 0.5) is 0 Å². The summed E-state index contributed by atoms with van der Waals surface area (Å²) < 4.78 is 31.7. The first kappa shape index (κ1) is 24.3. The Labute approximate surface area is 190 Å². The van der Waals surface area contributed by atoms with Crippen molar-refractivity contribution >= 4 is 15.9 Å². The molecule has 2 N–H and O–H groups in total. The lowest BCUT2D eigenvalue weighted by Crippen LogP contribution is -2.43. The fourth-order valence-electron chi connectivity index (χ4n) is 3.53. The van der Waals surface area contributed by atoms with Crippen LogP contribution in [0.15, 0.2) is 53.4 Å². The third-order valence-electron chi connectivity index (χ3n) is 5.47. The normalized spacial score (nSPS) is 15.6. The second kappa shape index (κ2) is 11.5. The van der Waals surface area contributed by atoms with E-state index in [1.807, 2.05) is 12.1 Å². The highest BCUT2D eigenvalue weighted by Crippen LogP contribution is 2.12. The van der Waals surface area contributed by atoms with Gasteiger partial charge in [-0.2, -0.15) is 0 Å². The van der Waals surface area contributed by atoms with E-state index in [2.05, 4.69) is 39.0 Å². The Hall–Kier alpha value is -2.30. The third-order valence-corrected chi connectivity index (χ3v) is 6.95. The number of ether oxygens (including phenoxy) is 1. The molecule has 174 valence electrons. The zero-order valence-electron chi connectivity index (χ0n) is 18.7. The van der Waals surface area contributed by atoms with E-state index in [0.717, 1.165) is 38.3 Å². The van der Waals surface area contributed by atoms with Gasteiger partial charge in [-0.15, -0.1) is 0 Å². The predicted octanol–water partition coefficient (Wildman–Crippen LogP) is 1.29. The maximum atomic E-state index is 12.5. The van der Waals surface area contributed by atoms with Crippen LogP contribution in [0.5, 0.6) is 0 Å². The van der Waals surface area contributed by atoms with Crippen molar-refractivity contribution in [3.05, 3.63) is 65.2 Å². The number of hydrogen-bond acceptors (Lipinski definition) is 6. The quantitative estimate of drug-likeness (QED) is 0.520. The van der Waals surface area contributed by atoms with Crippen molar-refractivity contribution in [3.63, 3.8) is 0 Å². The number of rotatable bonds is 10. The summed E-state index contributed by atoms with van der Waals surface area (Å²) in [6.07, 6.45) is 0. The zero-order valence-corrected chi connectivity index (χ0v) is 19.5. The summed E-state index contributed by atoms with van der Waals surface area (Å²) in [5.74, 6) is -0.245. The van der Waals surface area contributed by atoms with Crippen molar-refractivity contribution in [2.24, 2.45) is 0 Å². The maximum absolute atomic E-state index is 12.5. The molecule has 0 bridgehead atoms. The highest BCUT2D eigenvalue weighted by atomic mass is 32.2. The van der Waals surface area contributed by atoms with E-state index in [1.54, 1.807) is 0 Å². The molecule has 32 heavy (non-hydrogen) atoms. The molecule has 0 radical (unpaired) electrons. The van der Waals surface area contributed by atoms with E-state index in [9.17, 15) is 13.2 Å². The molecule has 1 aliphatic heterocycles. The minimum Gasteiger partial charge on any atom is -0.383 e. The van der Waals surface area contributed by atoms with Crippen LogP contribution in [0.2, 0.25) is 0 Å². The van der Waals surface area contributed by atoms with Gasteiger partial charge in [0.2, 0.25) is 10.0 Å². The van der Waals surface area contributed by atoms with E-state index >= 15 is 0 Å². The smallest absolute Gasteiger partial charge is 0.251 e. The summed E-state index contributed by atoms with van der Waals surface area (Å²) in [7, 11) is 0.0326. The fraction of sp³-hybridized carbons (Fsp3) is 0.435. The molecule has 1 heterocycles. The van der Waals surface area contributed by atoms with Gasteiger partial charge in [0.05, 0.1) is 11.5 Å². The van der Waals surface area contributed by atoms with Gasteiger partial charge in [-0.25, -0.2) is 13.1 Å². The highest BCUT2D eigenvalue weighted by Gasteiger charge is 2.15. The van der Waals surface area contributed by atoms with Gasteiger partial charge >= 0.3 is 0 Å². The maximum Gasteiger partial charge on any atom is 0.251 e. The number of methoxy groups -OCH3 is 1. The van der Waals surface area contributed by atoms with Crippen molar-refractivity contribution in [2.45, 2.75) is 18.0 Å². The Kier molecular flexibility index (Phi) is 8.77. The number of sulfonamides is 1. The number of amides is 1. The van der Waals surface area contributed by atoms with E-state index in [-0.39, 0.29) is 24.0 Å². The SMILES string of the molecule is COCCNS(=O)(=O)c1ccc(C(=O)NCc2cccc(CN3CCN(C)CC3)c2)cc1. The van der Waals surface area contributed by atoms with Gasteiger partial charge in [0, 0.05) is 58.5 Å². The Balaban J connectivity index is 1.53. The van der Waals surface area contributed by atoms with Crippen molar-refractivity contribution in [1.29, 1.82) is 0 Å². The molecule has 0 unspecified atom stereocenters. The molecular formula is C23H32N4O4S. The molecule has 0 aromatic heterocycles. The Bertz CT molecular complexity index is 987. The summed E-state index contributed by atoms with van der Waals surface area (Å²) >= 11 is 0. The first-order valence-electron chi connectivity index (χ1n) is 10.7. The van der Waals surface area contributed by atoms with E-state index in [0.29, 0.717) is 12.1 Å². The average molecular weight is 461 g/mol. The molecule has 0 saturated carbocycles. The Morgan fingerprint density at radius 3 is 2.41 bits per heavy atom. The number of nitrogens with zero attached hydrogens (tertiary/aromatic N) is 2. The number of likely N-dealkylation sites (N-methyl/N-ethyl adjacent to an activating group) is 1. The summed E-state index contributed by atoms with van der Waals surface area (Å²) in [4.78, 5) is 17.4. The van der Waals surface area contributed by atoms with Crippen LogP contribution in [0, 0.1) is 0 Å². The monoisotopic (exact) mass is 460 g/mol. The molecular weight excluding hydrogens is 428 g/mol. The Morgan fingerprint density at radius 2 is 1.72 bits per heavy atom. The van der Waals surface area contributed by atoms with Gasteiger partial charge in [-0.1, -0.05) is 24.3 Å². The molecule has 1 fully saturated rings. The van der Waals surface area contributed by atoms with Crippen molar-refractivity contribution in [1.82, 2.24) is 19.8 Å². The molecule has 3 rings (SSSR count). The molecule has 9 heteroatoms. The molecule has 0 spiro atoms. The van der Waals surface area contributed by atoms with Gasteiger partial charge in [0.15, 0.2) is 0 Å². The highest BCUT2D eigenvalue weighted by molar-refractivity contribution is 7.89. The summed E-state index contributed by atoms with van der Waals surface area (Å²) in [5, 5.41) is 2.91. The molecule has 8 nitrogen and oxygen atoms in total. The number of benzene rings is 2. The van der Waals surface area contributed by atoms with Crippen molar-refractivity contribution in [3.8, 4) is 0 Å². The van der Waals surface area contributed by atoms with Gasteiger partial charge in [0.25, 0.3) is 5.91 Å². The summed E-state index contributed by atoms with van der Waals surface area (Å²) in [6, 6.07) is 14.1. The molecule has 0 aliphatic carbocycles. The average Bonchev–Trinajstić information content (AvgIpc) is 2.79. The minimum absolute atomic E-state index is 0.113. The molecule has 0 atom stereocenters. The first-order valence-corrected chi connectivity index (χ1v) is 12.2. The number of carbonyl (C=O) groups is 1. The van der Waals surface area contributed by atoms with Crippen LogP contribution in [0.3, 0.4) is 0 Å². The van der Waals surface area contributed by atoms with Gasteiger partial charge in [-0.3, -0.25) is 9.69 Å². The lowest BCUT2D eigenvalue weighted by Gasteiger charge is -2.32. The van der Waals surface area contributed by atoms with Gasteiger partial charge in [-0.05, 0) is 42.4 Å². The van der Waals surface area contributed by atoms with Gasteiger partial charge < -0.3 is 15.0 Å². The number of carbonyl (C=O) groups excluding carboxylic acids is 1. The van der Waals surface area contributed by atoms with Crippen molar-refractivity contribution in [2.75, 3.05) is 53.5 Å². The zero-order chi connectivity index (χ0) is 23.0. The fourth-order valence-corrected chi connectivity index (χ4v) is 4.55. The predicted molar refractivity (Wildman–Crippen MR) is 124 cm³/mol. The number of nitrogens with one attached hydrogen (secondary N) is 2. The van der Waals surface area contributed by atoms with Crippen LogP contribution < -0.4 is 10.0 Å². The lowest BCUT2D eigenvalue weighted by molar-refractivity contribution is 0.0950. The standard InChI is InChI=1S/C23H32N4O4S/c1-26-11-13-27(14-12-26)18-20-5-3-4-19(16-20)17-24-23(28)21-6-8-22(9-7-21)32(29,30)25-10-15-31-2/h3-9,16,25H,10-15,17-18H2,1-2H3,(H,24,28). The first-order chi connectivity index (χ1) is 15.4. The number of piperazine rings is 1. The topological polar surface area (TPSA) is 91.0 Å². The van der Waals surface area contributed by atoms with Crippen LogP contribution in [0.25, 0.3) is 0 Å². The van der Waals surface area contributed by atoms with Crippen molar-refractivity contribution < 1.29 is 17.9 Å². The second-order valence-electron chi connectivity index (χ2n) is 8.00. The van der Waals surface area contributed by atoms with E-state index in [4.69, 9.17) is 4.74 Å². The molecule has 2 aromatic carbocycles. The molecule has 2 aromatic rings. The van der Waals surface area contributed by atoms with E-state index in [1.165, 1.54) is 36.9 Å². The Morgan fingerprint density at radius 1 is 1.03 bits per heavy atom. The number of hydrogen-bond donors (Lipinski definition) is 2. The largest absolute Gasteiger partial charge is 0.383 e. The van der Waals surface area contributed by atoms with Crippen LogP contribution >= 0.6 is 0 Å². The lowest BCUT2D eigenvalue weighted by atomic mass is 10.1. The second-order valence-corrected chi connectivity index (χ2v) is 9.76. The minimum atomic E-state index is -3.62. The summed E-state index contributed by atoms with van der Waals surface area (Å²) in [5.41, 5.74) is 2.68. The molecule has 1 amide bonds. The summed E-state index contributed by atoms with van der Waals surface area (Å²) in [6.45, 7) is 6.08. The third kappa shape index (κ3) is 7.11. The van der Waals surface area contributed by atoms with Crippen LogP contribution in [-0.2, 0) is 27.8 Å². The van der Waals surface area contributed by atoms with Gasteiger partial charge in [0.1, 0.15) is 0 Å². The molecule has 1 saturated heterocycles. The van der Waals surface area contributed by atoms with Crippen LogP contribution in [0.1, 0.15) is 21.5 Å². The van der Waals surface area contributed by atoms with Crippen LogP contribution in [-0.4, -0.2) is 77.6 Å². The molecule has 1 aliphatic rings.